The van der Waals surface area contributed by atoms with Crippen LogP contribution in [0.5, 0.6) is 0 Å². The number of alkyl halides is 1. The van der Waals surface area contributed by atoms with Crippen molar-refractivity contribution in [3.63, 3.8) is 0 Å². The van der Waals surface area contributed by atoms with Gasteiger partial charge in [0.05, 0.1) is 0 Å². The van der Waals surface area contributed by atoms with E-state index in [0.29, 0.717) is 12.4 Å². The van der Waals surface area contributed by atoms with Gasteiger partial charge in [0.2, 0.25) is 0 Å². The first kappa shape index (κ1) is 13.0. The number of halogens is 1. The molecule has 98 valence electrons. The lowest BCUT2D eigenvalue weighted by Gasteiger charge is -2.49. The molecule has 0 spiro atoms. The molecule has 2 fully saturated rings. The summed E-state index contributed by atoms with van der Waals surface area (Å²) in [5.74, 6) is 0.609. The third-order valence-corrected chi connectivity index (χ3v) is 4.65. The normalized spacial score (nSPS) is 33.4. The molecule has 2 aliphatic rings. The summed E-state index contributed by atoms with van der Waals surface area (Å²) in [7, 11) is 0. The van der Waals surface area contributed by atoms with Gasteiger partial charge in [0, 0.05) is 37.1 Å². The number of amides is 1. The third-order valence-electron chi connectivity index (χ3n) is 4.48. The van der Waals surface area contributed by atoms with Gasteiger partial charge in [0.1, 0.15) is 0 Å². The highest BCUT2D eigenvalue weighted by molar-refractivity contribution is 6.18. The molecule has 2 rings (SSSR count). The Balaban J connectivity index is 2.28. The summed E-state index contributed by atoms with van der Waals surface area (Å²) in [6, 6.07) is 0.148. The Morgan fingerprint density at radius 1 is 1.53 bits per heavy atom. The van der Waals surface area contributed by atoms with E-state index >= 15 is 0 Å². The van der Waals surface area contributed by atoms with E-state index in [1.807, 2.05) is 0 Å². The quantitative estimate of drug-likeness (QED) is 0.773. The summed E-state index contributed by atoms with van der Waals surface area (Å²) in [6.07, 6.45) is 0.159. The van der Waals surface area contributed by atoms with Gasteiger partial charge in [-0.3, -0.25) is 4.90 Å². The largest absolute Gasteiger partial charge is 0.465 e. The summed E-state index contributed by atoms with van der Waals surface area (Å²) in [4.78, 5) is 15.2. The number of hydrogen-bond donors (Lipinski definition) is 1. The minimum atomic E-state index is -0.786. The van der Waals surface area contributed by atoms with E-state index in [9.17, 15) is 9.90 Å². The highest BCUT2D eigenvalue weighted by Gasteiger charge is 2.60. The number of rotatable bonds is 2. The zero-order valence-electron chi connectivity index (χ0n) is 10.7. The summed E-state index contributed by atoms with van der Waals surface area (Å²) in [5.41, 5.74) is 0.0307. The Bertz CT molecular complexity index is 329. The molecular formula is C12H21ClN2O2. The average molecular weight is 261 g/mol. The highest BCUT2D eigenvalue weighted by Crippen LogP contribution is 2.50. The molecule has 0 aromatic heterocycles. The summed E-state index contributed by atoms with van der Waals surface area (Å²) in [5, 5.41) is 9.21. The molecule has 0 aromatic carbocycles. The maximum Gasteiger partial charge on any atom is 0.407 e. The summed E-state index contributed by atoms with van der Waals surface area (Å²) in [6.45, 7) is 8.89. The van der Waals surface area contributed by atoms with Crippen LogP contribution >= 0.6 is 11.6 Å². The third kappa shape index (κ3) is 1.82. The number of fused-ring (bicyclic) bond motifs is 2. The van der Waals surface area contributed by atoms with Gasteiger partial charge in [-0.25, -0.2) is 4.79 Å². The van der Waals surface area contributed by atoms with Gasteiger partial charge in [-0.2, -0.15) is 0 Å². The molecule has 0 saturated carbocycles. The van der Waals surface area contributed by atoms with Gasteiger partial charge in [0.15, 0.2) is 0 Å². The van der Waals surface area contributed by atoms with Crippen molar-refractivity contribution in [1.29, 1.82) is 0 Å². The molecule has 1 N–H and O–H groups in total. The number of piperazine rings is 1. The van der Waals surface area contributed by atoms with Crippen molar-refractivity contribution in [2.24, 2.45) is 5.41 Å². The number of likely N-dealkylation sites (tertiary alicyclic amines) is 2. The molecule has 2 bridgehead atoms. The van der Waals surface area contributed by atoms with Crippen LogP contribution in [0.15, 0.2) is 0 Å². The van der Waals surface area contributed by atoms with Gasteiger partial charge in [-0.05, 0) is 11.8 Å². The predicted octanol–water partition coefficient (Wildman–Crippen LogP) is 2.08. The SMILES string of the molecule is CC(C)(C)C12C[C@@H](CN1CCCl)N(C(=O)O)C2. The Morgan fingerprint density at radius 3 is 2.65 bits per heavy atom. The fourth-order valence-electron chi connectivity index (χ4n) is 3.45. The van der Waals surface area contributed by atoms with Crippen LogP contribution in [0.1, 0.15) is 27.2 Å². The van der Waals surface area contributed by atoms with Gasteiger partial charge >= 0.3 is 6.09 Å². The van der Waals surface area contributed by atoms with Crippen molar-refractivity contribution >= 4 is 17.7 Å². The molecule has 2 aliphatic heterocycles. The second-order valence-corrected chi connectivity index (χ2v) is 6.56. The molecule has 5 heteroatoms. The van der Waals surface area contributed by atoms with Crippen molar-refractivity contribution < 1.29 is 9.90 Å². The zero-order valence-corrected chi connectivity index (χ0v) is 11.5. The topological polar surface area (TPSA) is 43.8 Å². The first-order valence-corrected chi connectivity index (χ1v) is 6.66. The van der Waals surface area contributed by atoms with Gasteiger partial charge in [-0.1, -0.05) is 20.8 Å². The van der Waals surface area contributed by atoms with E-state index < -0.39 is 6.09 Å². The lowest BCUT2D eigenvalue weighted by Crippen LogP contribution is -2.61. The number of carboxylic acid groups (broad SMARTS) is 1. The first-order valence-electron chi connectivity index (χ1n) is 6.12. The molecule has 2 saturated heterocycles. The molecule has 0 radical (unpaired) electrons. The van der Waals surface area contributed by atoms with E-state index in [1.165, 1.54) is 0 Å². The average Bonchev–Trinajstić information content (AvgIpc) is 2.72. The van der Waals surface area contributed by atoms with E-state index in [2.05, 4.69) is 25.7 Å². The Labute approximate surface area is 108 Å². The maximum atomic E-state index is 11.2. The van der Waals surface area contributed by atoms with Crippen LogP contribution in [-0.2, 0) is 0 Å². The Kier molecular flexibility index (Phi) is 3.07. The lowest BCUT2D eigenvalue weighted by molar-refractivity contribution is 0.00118. The van der Waals surface area contributed by atoms with Crippen LogP contribution in [0, 0.1) is 5.41 Å². The molecule has 0 aliphatic carbocycles. The van der Waals surface area contributed by atoms with E-state index in [0.717, 1.165) is 19.5 Å². The predicted molar refractivity (Wildman–Crippen MR) is 67.6 cm³/mol. The van der Waals surface area contributed by atoms with Crippen molar-refractivity contribution in [3.05, 3.63) is 0 Å². The van der Waals surface area contributed by atoms with Crippen LogP contribution in [0.25, 0.3) is 0 Å². The minimum absolute atomic E-state index is 0.0368. The first-order chi connectivity index (χ1) is 7.82. The van der Waals surface area contributed by atoms with E-state index in [4.69, 9.17) is 11.6 Å². The lowest BCUT2D eigenvalue weighted by atomic mass is 9.72. The van der Waals surface area contributed by atoms with E-state index in [1.54, 1.807) is 4.90 Å². The second kappa shape index (κ2) is 4.02. The van der Waals surface area contributed by atoms with Crippen LogP contribution in [0.4, 0.5) is 4.79 Å². The van der Waals surface area contributed by atoms with Crippen molar-refractivity contribution in [3.8, 4) is 0 Å². The standard InChI is InChI=1S/C12H21ClN2O2/c1-11(2,3)12-6-9(7-14(12)5-4-13)15(8-12)10(16)17/h9H,4-8H2,1-3H3,(H,16,17)/t9-,12?/m0/s1. The maximum absolute atomic E-state index is 11.2. The van der Waals surface area contributed by atoms with Crippen molar-refractivity contribution in [2.75, 3.05) is 25.5 Å². The van der Waals surface area contributed by atoms with Gasteiger partial charge in [0.25, 0.3) is 0 Å². The van der Waals surface area contributed by atoms with Crippen LogP contribution in [0.2, 0.25) is 0 Å². The molecule has 2 heterocycles. The van der Waals surface area contributed by atoms with Crippen molar-refractivity contribution in [2.45, 2.75) is 38.8 Å². The monoisotopic (exact) mass is 260 g/mol. The fraction of sp³-hybridized carbons (Fsp3) is 0.917. The zero-order chi connectivity index (χ0) is 12.8. The van der Waals surface area contributed by atoms with Crippen LogP contribution in [0.3, 0.4) is 0 Å². The number of hydrogen-bond acceptors (Lipinski definition) is 2. The Hall–Kier alpha value is -0.480. The Morgan fingerprint density at radius 2 is 2.18 bits per heavy atom. The van der Waals surface area contributed by atoms with Crippen LogP contribution < -0.4 is 0 Å². The van der Waals surface area contributed by atoms with E-state index in [-0.39, 0.29) is 17.0 Å². The molecule has 17 heavy (non-hydrogen) atoms. The van der Waals surface area contributed by atoms with Gasteiger partial charge in [-0.15, -0.1) is 11.6 Å². The minimum Gasteiger partial charge on any atom is -0.465 e. The summed E-state index contributed by atoms with van der Waals surface area (Å²) >= 11 is 5.86. The molecule has 1 amide bonds. The molecule has 0 aromatic rings. The fourth-order valence-corrected chi connectivity index (χ4v) is 3.65. The molecular weight excluding hydrogens is 240 g/mol. The molecule has 2 atom stereocenters. The second-order valence-electron chi connectivity index (χ2n) is 6.19. The van der Waals surface area contributed by atoms with Crippen LogP contribution in [-0.4, -0.2) is 58.1 Å². The molecule has 1 unspecified atom stereocenters. The summed E-state index contributed by atoms with van der Waals surface area (Å²) < 4.78 is 0. The highest BCUT2D eigenvalue weighted by atomic mass is 35.5. The van der Waals surface area contributed by atoms with Crippen molar-refractivity contribution in [1.82, 2.24) is 9.80 Å². The number of nitrogens with zero attached hydrogens (tertiary/aromatic N) is 2. The number of carbonyl (C=O) groups is 1. The smallest absolute Gasteiger partial charge is 0.407 e. The molecule has 4 nitrogen and oxygen atoms in total. The van der Waals surface area contributed by atoms with Gasteiger partial charge < -0.3 is 10.0 Å².